The number of carbonyl (C=O) groups excluding carboxylic acids is 2. The average Bonchev–Trinajstić information content (AvgIpc) is 3.04. The summed E-state index contributed by atoms with van der Waals surface area (Å²) in [5.74, 6) is -0.473. The molecule has 4 N–H and O–H groups in total. The molecule has 4 atom stereocenters. The van der Waals surface area contributed by atoms with Gasteiger partial charge in [-0.3, -0.25) is 10.2 Å². The van der Waals surface area contributed by atoms with Crippen molar-refractivity contribution in [3.05, 3.63) is 35.9 Å². The molecule has 3 rings (SSSR count). The summed E-state index contributed by atoms with van der Waals surface area (Å²) in [4.78, 5) is 25.0. The number of halogens is 1. The lowest BCUT2D eigenvalue weighted by atomic mass is 9.89. The molecule has 2 saturated heterocycles. The zero-order chi connectivity index (χ0) is 16.9. The molecule has 1 amide bonds. The van der Waals surface area contributed by atoms with Gasteiger partial charge in [0.05, 0.1) is 6.61 Å². The Kier molecular flexibility index (Phi) is 7.19. The summed E-state index contributed by atoms with van der Waals surface area (Å²) in [7, 11) is 0. The van der Waals surface area contributed by atoms with Crippen LogP contribution in [0.3, 0.4) is 0 Å². The molecule has 7 nitrogen and oxygen atoms in total. The Bertz CT molecular complexity index is 587. The van der Waals surface area contributed by atoms with E-state index in [4.69, 9.17) is 4.74 Å². The fraction of sp³-hybridized carbons (Fsp3) is 0.529. The number of carbonyl (C=O) groups is 2. The van der Waals surface area contributed by atoms with Crippen molar-refractivity contribution in [3.63, 3.8) is 0 Å². The van der Waals surface area contributed by atoms with E-state index in [1.807, 2.05) is 30.3 Å². The van der Waals surface area contributed by atoms with Crippen molar-refractivity contribution < 1.29 is 14.3 Å². The van der Waals surface area contributed by atoms with E-state index in [1.54, 1.807) is 6.92 Å². The van der Waals surface area contributed by atoms with E-state index in [0.29, 0.717) is 5.56 Å². The van der Waals surface area contributed by atoms with Gasteiger partial charge in [0.15, 0.2) is 6.04 Å². The SMILES string of the molecule is CCOC(=O)[C@H](NC(=O)C1NNC2CCNCC21)c1ccccc1.Cl. The highest BCUT2D eigenvalue weighted by Gasteiger charge is 2.42. The predicted molar refractivity (Wildman–Crippen MR) is 96.0 cm³/mol. The molecule has 0 spiro atoms. The first kappa shape index (κ1) is 19.7. The molecule has 0 bridgehead atoms. The number of ether oxygens (including phenoxy) is 1. The number of hydrazine groups is 1. The molecule has 1 aromatic rings. The highest BCUT2D eigenvalue weighted by atomic mass is 35.5. The molecular weight excluding hydrogens is 344 g/mol. The van der Waals surface area contributed by atoms with Crippen molar-refractivity contribution in [2.24, 2.45) is 5.92 Å². The summed E-state index contributed by atoms with van der Waals surface area (Å²) < 4.78 is 5.13. The number of hydrogen-bond acceptors (Lipinski definition) is 6. The molecule has 2 aliphatic rings. The summed E-state index contributed by atoms with van der Waals surface area (Å²) >= 11 is 0. The van der Waals surface area contributed by atoms with Gasteiger partial charge in [0.25, 0.3) is 0 Å². The van der Waals surface area contributed by atoms with E-state index >= 15 is 0 Å². The zero-order valence-electron chi connectivity index (χ0n) is 14.2. The van der Waals surface area contributed by atoms with Crippen LogP contribution in [0.2, 0.25) is 0 Å². The maximum absolute atomic E-state index is 12.7. The topological polar surface area (TPSA) is 91.5 Å². The number of benzene rings is 1. The van der Waals surface area contributed by atoms with Gasteiger partial charge in [-0.05, 0) is 25.5 Å². The van der Waals surface area contributed by atoms with Crippen LogP contribution >= 0.6 is 12.4 Å². The summed E-state index contributed by atoms with van der Waals surface area (Å²) in [6.45, 7) is 3.75. The summed E-state index contributed by atoms with van der Waals surface area (Å²) in [6.07, 6.45) is 0.974. The van der Waals surface area contributed by atoms with Gasteiger partial charge in [-0.1, -0.05) is 30.3 Å². The van der Waals surface area contributed by atoms with Crippen molar-refractivity contribution >= 4 is 24.3 Å². The third-order valence-corrected chi connectivity index (χ3v) is 4.61. The number of amides is 1. The number of hydrogen-bond donors (Lipinski definition) is 4. The monoisotopic (exact) mass is 368 g/mol. The van der Waals surface area contributed by atoms with Crippen LogP contribution in [-0.4, -0.2) is 43.7 Å². The van der Waals surface area contributed by atoms with Crippen LogP contribution < -0.4 is 21.5 Å². The zero-order valence-corrected chi connectivity index (χ0v) is 15.0. The van der Waals surface area contributed by atoms with E-state index in [-0.39, 0.29) is 42.9 Å². The third-order valence-electron chi connectivity index (χ3n) is 4.61. The van der Waals surface area contributed by atoms with Gasteiger partial charge in [0.2, 0.25) is 5.91 Å². The van der Waals surface area contributed by atoms with Crippen LogP contribution in [0.5, 0.6) is 0 Å². The minimum absolute atomic E-state index is 0. The average molecular weight is 369 g/mol. The molecule has 0 aliphatic carbocycles. The molecule has 0 aromatic heterocycles. The van der Waals surface area contributed by atoms with Crippen molar-refractivity contribution in [1.29, 1.82) is 0 Å². The molecule has 8 heteroatoms. The van der Waals surface area contributed by atoms with Gasteiger partial charge in [-0.2, -0.15) is 0 Å². The minimum Gasteiger partial charge on any atom is -0.464 e. The second-order valence-corrected chi connectivity index (χ2v) is 6.13. The Hall–Kier alpha value is -1.67. The highest BCUT2D eigenvalue weighted by Crippen LogP contribution is 2.22. The molecule has 3 unspecified atom stereocenters. The van der Waals surface area contributed by atoms with Crippen molar-refractivity contribution in [1.82, 2.24) is 21.5 Å². The van der Waals surface area contributed by atoms with E-state index in [9.17, 15) is 9.59 Å². The van der Waals surface area contributed by atoms with Crippen molar-refractivity contribution in [3.8, 4) is 0 Å². The van der Waals surface area contributed by atoms with Gasteiger partial charge >= 0.3 is 5.97 Å². The molecule has 0 saturated carbocycles. The van der Waals surface area contributed by atoms with Crippen molar-refractivity contribution in [2.75, 3.05) is 19.7 Å². The predicted octanol–water partition coefficient (Wildman–Crippen LogP) is 0.283. The molecular formula is C17H25ClN4O3. The molecule has 0 radical (unpaired) electrons. The van der Waals surface area contributed by atoms with Crippen LogP contribution in [0.1, 0.15) is 24.9 Å². The van der Waals surface area contributed by atoms with Gasteiger partial charge < -0.3 is 15.4 Å². The lowest BCUT2D eigenvalue weighted by Crippen LogP contribution is -2.51. The molecule has 25 heavy (non-hydrogen) atoms. The van der Waals surface area contributed by atoms with Gasteiger partial charge in [0, 0.05) is 18.5 Å². The van der Waals surface area contributed by atoms with Crippen molar-refractivity contribution in [2.45, 2.75) is 31.5 Å². The first-order valence-corrected chi connectivity index (χ1v) is 8.44. The number of rotatable bonds is 5. The van der Waals surface area contributed by atoms with E-state index in [2.05, 4.69) is 21.5 Å². The number of nitrogens with one attached hydrogen (secondary N) is 4. The number of esters is 1. The van der Waals surface area contributed by atoms with Crippen LogP contribution in [-0.2, 0) is 14.3 Å². The normalized spacial score (nSPS) is 26.0. The second kappa shape index (κ2) is 9.15. The Labute approximate surface area is 153 Å². The lowest BCUT2D eigenvalue weighted by molar-refractivity contribution is -0.148. The molecule has 138 valence electrons. The minimum atomic E-state index is -0.795. The van der Waals surface area contributed by atoms with Crippen LogP contribution in [0.25, 0.3) is 0 Å². The Morgan fingerprint density at radius 3 is 2.76 bits per heavy atom. The fourth-order valence-corrected chi connectivity index (χ4v) is 3.36. The molecule has 1 aromatic carbocycles. The summed E-state index contributed by atoms with van der Waals surface area (Å²) in [5, 5.41) is 6.17. The van der Waals surface area contributed by atoms with Gasteiger partial charge in [-0.25, -0.2) is 10.2 Å². The number of fused-ring (bicyclic) bond motifs is 1. The smallest absolute Gasteiger partial charge is 0.333 e. The quantitative estimate of drug-likeness (QED) is 0.558. The van der Waals surface area contributed by atoms with Crippen LogP contribution in [0.4, 0.5) is 0 Å². The Morgan fingerprint density at radius 1 is 1.28 bits per heavy atom. The molecule has 2 aliphatic heterocycles. The Balaban J connectivity index is 0.00000225. The first-order chi connectivity index (χ1) is 11.7. The summed E-state index contributed by atoms with van der Waals surface area (Å²) in [6, 6.07) is 8.28. The lowest BCUT2D eigenvalue weighted by Gasteiger charge is -2.28. The third kappa shape index (κ3) is 4.49. The fourth-order valence-electron chi connectivity index (χ4n) is 3.36. The van der Waals surface area contributed by atoms with Gasteiger partial charge in [0.1, 0.15) is 6.04 Å². The van der Waals surface area contributed by atoms with E-state index in [1.165, 1.54) is 0 Å². The van der Waals surface area contributed by atoms with E-state index < -0.39 is 12.0 Å². The maximum atomic E-state index is 12.7. The second-order valence-electron chi connectivity index (χ2n) is 6.13. The number of piperidine rings is 1. The first-order valence-electron chi connectivity index (χ1n) is 8.44. The summed E-state index contributed by atoms with van der Waals surface area (Å²) in [5.41, 5.74) is 6.98. The highest BCUT2D eigenvalue weighted by molar-refractivity contribution is 5.88. The largest absolute Gasteiger partial charge is 0.464 e. The maximum Gasteiger partial charge on any atom is 0.333 e. The van der Waals surface area contributed by atoms with Crippen LogP contribution in [0, 0.1) is 5.92 Å². The van der Waals surface area contributed by atoms with Crippen LogP contribution in [0.15, 0.2) is 30.3 Å². The Morgan fingerprint density at radius 2 is 2.04 bits per heavy atom. The standard InChI is InChI=1S/C17H24N4O3.ClH/c1-2-24-17(23)14(11-6-4-3-5-7-11)19-16(22)15-12-10-18-9-8-13(12)20-21-15;/h3-7,12-15,18,20-21H,2,8-10H2,1H3,(H,19,22);1H/t12?,13?,14-,15?;/m1./s1. The van der Waals surface area contributed by atoms with Gasteiger partial charge in [-0.15, -0.1) is 12.4 Å². The van der Waals surface area contributed by atoms with E-state index in [0.717, 1.165) is 19.5 Å². The molecule has 2 fully saturated rings. The molecule has 2 heterocycles.